The summed E-state index contributed by atoms with van der Waals surface area (Å²) >= 11 is 0. The minimum Gasteiger partial charge on any atom is -0.301 e. The Morgan fingerprint density at radius 1 is 1.30 bits per heavy atom. The van der Waals surface area contributed by atoms with Crippen LogP contribution in [0.25, 0.3) is 0 Å². The summed E-state index contributed by atoms with van der Waals surface area (Å²) in [5, 5.41) is 0. The van der Waals surface area contributed by atoms with Crippen molar-refractivity contribution in [1.29, 1.82) is 0 Å². The Morgan fingerprint density at radius 2 is 2.10 bits per heavy atom. The summed E-state index contributed by atoms with van der Waals surface area (Å²) in [6.07, 6.45) is 1.42. The number of rotatable bonds is 1. The van der Waals surface area contributed by atoms with Gasteiger partial charge in [-0.25, -0.2) is 0 Å². The van der Waals surface area contributed by atoms with E-state index in [4.69, 9.17) is 0 Å². The van der Waals surface area contributed by atoms with Gasteiger partial charge < -0.3 is 4.90 Å². The van der Waals surface area contributed by atoms with Gasteiger partial charge in [0.1, 0.15) is 0 Å². The first-order valence-corrected chi connectivity index (χ1v) is 4.25. The van der Waals surface area contributed by atoms with Crippen molar-refractivity contribution in [3.05, 3.63) is 0 Å². The van der Waals surface area contributed by atoms with E-state index in [-0.39, 0.29) is 0 Å². The first-order chi connectivity index (χ1) is 4.81. The predicted molar refractivity (Wildman–Crippen MR) is 42.1 cm³/mol. The number of likely N-dealkylation sites (tertiary alicyclic amines) is 2. The molecule has 2 fully saturated rings. The van der Waals surface area contributed by atoms with Gasteiger partial charge in [0, 0.05) is 25.2 Å². The standard InChI is InChI=1S/C8H16N2/c1-3-10-6-7-4-8(10)5-9(7)2/h7-8H,3-6H2,1-2H3/t7-,8+/m1/s1. The number of nitrogens with zero attached hydrogens (tertiary/aromatic N) is 2. The average Bonchev–Trinajstić information content (AvgIpc) is 2.44. The largest absolute Gasteiger partial charge is 0.301 e. The summed E-state index contributed by atoms with van der Waals surface area (Å²) in [7, 11) is 2.25. The van der Waals surface area contributed by atoms with Crippen LogP contribution in [0, 0.1) is 0 Å². The lowest BCUT2D eigenvalue weighted by Crippen LogP contribution is -2.44. The van der Waals surface area contributed by atoms with Crippen LogP contribution in [0.3, 0.4) is 0 Å². The van der Waals surface area contributed by atoms with Crippen LogP contribution in [-0.2, 0) is 0 Å². The fourth-order valence-electron chi connectivity index (χ4n) is 2.34. The Hall–Kier alpha value is -0.0800. The van der Waals surface area contributed by atoms with Crippen molar-refractivity contribution in [3.63, 3.8) is 0 Å². The Bertz CT molecular complexity index is 133. The van der Waals surface area contributed by atoms with Gasteiger partial charge in [-0.1, -0.05) is 6.92 Å². The molecule has 2 aliphatic rings. The highest BCUT2D eigenvalue weighted by Crippen LogP contribution is 2.28. The van der Waals surface area contributed by atoms with E-state index < -0.39 is 0 Å². The van der Waals surface area contributed by atoms with Crippen LogP contribution in [0.4, 0.5) is 0 Å². The molecule has 0 saturated carbocycles. The minimum atomic E-state index is 0.880. The number of hydrogen-bond donors (Lipinski definition) is 0. The van der Waals surface area contributed by atoms with Crippen LogP contribution in [-0.4, -0.2) is 48.6 Å². The van der Waals surface area contributed by atoms with Gasteiger partial charge >= 0.3 is 0 Å². The highest BCUT2D eigenvalue weighted by atomic mass is 15.3. The summed E-state index contributed by atoms with van der Waals surface area (Å²) in [6.45, 7) is 6.13. The van der Waals surface area contributed by atoms with Crippen LogP contribution < -0.4 is 0 Å². The maximum absolute atomic E-state index is 2.60. The second kappa shape index (κ2) is 2.21. The zero-order valence-electron chi connectivity index (χ0n) is 6.88. The summed E-state index contributed by atoms with van der Waals surface area (Å²) in [5.74, 6) is 0. The molecule has 0 unspecified atom stereocenters. The second-order valence-corrected chi connectivity index (χ2v) is 3.57. The SMILES string of the molecule is CCN1C[C@H]2C[C@H]1CN2C. The molecule has 2 nitrogen and oxygen atoms in total. The monoisotopic (exact) mass is 140 g/mol. The van der Waals surface area contributed by atoms with Gasteiger partial charge in [0.2, 0.25) is 0 Å². The molecular weight excluding hydrogens is 124 g/mol. The van der Waals surface area contributed by atoms with Gasteiger partial charge in [-0.3, -0.25) is 4.90 Å². The maximum Gasteiger partial charge on any atom is 0.0239 e. The third-order valence-electron chi connectivity index (χ3n) is 3.03. The molecule has 0 N–H and O–H groups in total. The van der Waals surface area contributed by atoms with Crippen LogP contribution in [0.1, 0.15) is 13.3 Å². The molecule has 0 spiro atoms. The summed E-state index contributed by atoms with van der Waals surface area (Å²) < 4.78 is 0. The van der Waals surface area contributed by atoms with E-state index in [0.717, 1.165) is 12.1 Å². The van der Waals surface area contributed by atoms with Gasteiger partial charge in [-0.05, 0) is 20.0 Å². The zero-order valence-corrected chi connectivity index (χ0v) is 6.88. The molecule has 2 aliphatic heterocycles. The van der Waals surface area contributed by atoms with E-state index in [1.165, 1.54) is 26.1 Å². The third-order valence-corrected chi connectivity index (χ3v) is 3.03. The normalized spacial score (nSPS) is 41.4. The van der Waals surface area contributed by atoms with E-state index in [9.17, 15) is 0 Å². The van der Waals surface area contributed by atoms with Gasteiger partial charge in [-0.2, -0.15) is 0 Å². The Kier molecular flexibility index (Phi) is 1.46. The predicted octanol–water partition coefficient (Wildman–Crippen LogP) is 0.395. The molecule has 2 rings (SSSR count). The van der Waals surface area contributed by atoms with Gasteiger partial charge in [0.15, 0.2) is 0 Å². The molecule has 2 saturated heterocycles. The van der Waals surface area contributed by atoms with Crippen molar-refractivity contribution in [2.45, 2.75) is 25.4 Å². The van der Waals surface area contributed by atoms with Crippen LogP contribution in [0.2, 0.25) is 0 Å². The Balaban J connectivity index is 2.02. The molecule has 2 heterocycles. The fourth-order valence-corrected chi connectivity index (χ4v) is 2.34. The first kappa shape index (κ1) is 6.62. The first-order valence-electron chi connectivity index (χ1n) is 4.25. The van der Waals surface area contributed by atoms with Gasteiger partial charge in [0.05, 0.1) is 0 Å². The molecule has 0 aromatic heterocycles. The molecule has 2 bridgehead atoms. The number of fused-ring (bicyclic) bond motifs is 2. The molecule has 0 amide bonds. The lowest BCUT2D eigenvalue weighted by Gasteiger charge is -2.30. The highest BCUT2D eigenvalue weighted by Gasteiger charge is 2.40. The molecule has 58 valence electrons. The highest BCUT2D eigenvalue weighted by molar-refractivity contribution is 4.97. The van der Waals surface area contributed by atoms with Gasteiger partial charge in [-0.15, -0.1) is 0 Å². The molecule has 0 aliphatic carbocycles. The summed E-state index contributed by atoms with van der Waals surface area (Å²) in [6, 6.07) is 1.77. The third kappa shape index (κ3) is 0.789. The quantitative estimate of drug-likeness (QED) is 0.520. The van der Waals surface area contributed by atoms with Crippen LogP contribution >= 0.6 is 0 Å². The molecule has 0 aromatic carbocycles. The van der Waals surface area contributed by atoms with Crippen molar-refractivity contribution in [3.8, 4) is 0 Å². The van der Waals surface area contributed by atoms with Crippen molar-refractivity contribution < 1.29 is 0 Å². The van der Waals surface area contributed by atoms with Crippen LogP contribution in [0.5, 0.6) is 0 Å². The molecular formula is C8H16N2. The Morgan fingerprint density at radius 3 is 2.50 bits per heavy atom. The Labute approximate surface area is 62.8 Å². The molecule has 2 atom stereocenters. The van der Waals surface area contributed by atoms with E-state index in [2.05, 4.69) is 23.8 Å². The number of piperazine rings is 1. The number of likely N-dealkylation sites (N-methyl/N-ethyl adjacent to an activating group) is 2. The van der Waals surface area contributed by atoms with Crippen molar-refractivity contribution in [1.82, 2.24) is 9.80 Å². The molecule has 10 heavy (non-hydrogen) atoms. The molecule has 0 aromatic rings. The molecule has 2 heteroatoms. The topological polar surface area (TPSA) is 6.48 Å². The van der Waals surface area contributed by atoms with Crippen molar-refractivity contribution in [2.75, 3.05) is 26.7 Å². The van der Waals surface area contributed by atoms with Crippen LogP contribution in [0.15, 0.2) is 0 Å². The number of hydrogen-bond acceptors (Lipinski definition) is 2. The zero-order chi connectivity index (χ0) is 7.14. The summed E-state index contributed by atoms with van der Waals surface area (Å²) in [4.78, 5) is 5.10. The smallest absolute Gasteiger partial charge is 0.0239 e. The van der Waals surface area contributed by atoms with E-state index in [1.807, 2.05) is 0 Å². The van der Waals surface area contributed by atoms with Crippen molar-refractivity contribution in [2.24, 2.45) is 0 Å². The van der Waals surface area contributed by atoms with E-state index in [1.54, 1.807) is 0 Å². The van der Waals surface area contributed by atoms with Crippen molar-refractivity contribution >= 4 is 0 Å². The average molecular weight is 140 g/mol. The second-order valence-electron chi connectivity index (χ2n) is 3.57. The van der Waals surface area contributed by atoms with E-state index >= 15 is 0 Å². The lowest BCUT2D eigenvalue weighted by molar-refractivity contribution is 0.155. The van der Waals surface area contributed by atoms with E-state index in [0.29, 0.717) is 0 Å². The molecule has 0 radical (unpaired) electrons. The van der Waals surface area contributed by atoms with Gasteiger partial charge in [0.25, 0.3) is 0 Å². The fraction of sp³-hybridized carbons (Fsp3) is 1.00. The minimum absolute atomic E-state index is 0.880. The maximum atomic E-state index is 2.60. The summed E-state index contributed by atoms with van der Waals surface area (Å²) in [5.41, 5.74) is 0. The lowest BCUT2D eigenvalue weighted by atomic mass is 10.2.